The maximum Gasteiger partial charge on any atom is 0.0967 e. The standard InChI is InChI=1S/C10H21N5/c1-4-14(9(2)3)7-10-8-15(6-5-11)13-12-10/h8-9H,4-7,11H2,1-3H3. The van der Waals surface area contributed by atoms with E-state index in [2.05, 4.69) is 36.0 Å². The van der Waals surface area contributed by atoms with E-state index in [1.165, 1.54) is 0 Å². The van der Waals surface area contributed by atoms with Gasteiger partial charge in [0.05, 0.1) is 12.2 Å². The highest BCUT2D eigenvalue weighted by atomic mass is 15.4. The van der Waals surface area contributed by atoms with Crippen LogP contribution in [-0.2, 0) is 13.1 Å². The van der Waals surface area contributed by atoms with Crippen LogP contribution in [0.2, 0.25) is 0 Å². The fourth-order valence-electron chi connectivity index (χ4n) is 1.52. The predicted molar refractivity (Wildman–Crippen MR) is 60.3 cm³/mol. The molecule has 0 aliphatic heterocycles. The quantitative estimate of drug-likeness (QED) is 0.743. The summed E-state index contributed by atoms with van der Waals surface area (Å²) in [4.78, 5) is 2.34. The third kappa shape index (κ3) is 3.60. The Hall–Kier alpha value is -0.940. The van der Waals surface area contributed by atoms with Crippen molar-refractivity contribution in [2.45, 2.75) is 39.9 Å². The highest BCUT2D eigenvalue weighted by Crippen LogP contribution is 2.04. The molecule has 0 radical (unpaired) electrons. The van der Waals surface area contributed by atoms with Gasteiger partial charge in [-0.2, -0.15) is 0 Å². The van der Waals surface area contributed by atoms with Crippen LogP contribution in [0.3, 0.4) is 0 Å². The van der Waals surface area contributed by atoms with Crippen LogP contribution in [-0.4, -0.2) is 39.0 Å². The summed E-state index contributed by atoms with van der Waals surface area (Å²) >= 11 is 0. The molecule has 0 aromatic carbocycles. The van der Waals surface area contributed by atoms with Gasteiger partial charge in [-0.15, -0.1) is 5.10 Å². The third-order valence-corrected chi connectivity index (χ3v) is 2.45. The van der Waals surface area contributed by atoms with Gasteiger partial charge in [-0.25, -0.2) is 0 Å². The van der Waals surface area contributed by atoms with Gasteiger partial charge in [0.15, 0.2) is 0 Å². The van der Waals surface area contributed by atoms with E-state index in [4.69, 9.17) is 5.73 Å². The largest absolute Gasteiger partial charge is 0.329 e. The normalized spacial score (nSPS) is 11.6. The second-order valence-corrected chi connectivity index (χ2v) is 3.92. The molecule has 1 aromatic heterocycles. The number of hydrogen-bond donors (Lipinski definition) is 1. The van der Waals surface area contributed by atoms with Crippen molar-refractivity contribution in [2.24, 2.45) is 5.73 Å². The molecule has 0 amide bonds. The topological polar surface area (TPSA) is 60.0 Å². The molecule has 0 saturated heterocycles. The molecule has 0 aliphatic carbocycles. The SMILES string of the molecule is CCN(Cc1cn(CCN)nn1)C(C)C. The summed E-state index contributed by atoms with van der Waals surface area (Å²) in [5.41, 5.74) is 6.46. The first-order chi connectivity index (χ1) is 7.17. The van der Waals surface area contributed by atoms with Gasteiger partial charge in [0.1, 0.15) is 0 Å². The van der Waals surface area contributed by atoms with E-state index < -0.39 is 0 Å². The van der Waals surface area contributed by atoms with Crippen molar-refractivity contribution in [2.75, 3.05) is 13.1 Å². The molecular formula is C10H21N5. The average Bonchev–Trinajstić information content (AvgIpc) is 2.62. The summed E-state index contributed by atoms with van der Waals surface area (Å²) in [7, 11) is 0. The maximum atomic E-state index is 5.45. The molecule has 0 aliphatic rings. The number of nitrogens with zero attached hydrogens (tertiary/aromatic N) is 4. The smallest absolute Gasteiger partial charge is 0.0967 e. The molecule has 15 heavy (non-hydrogen) atoms. The number of hydrogen-bond acceptors (Lipinski definition) is 4. The lowest BCUT2D eigenvalue weighted by atomic mass is 10.3. The number of aromatic nitrogens is 3. The van der Waals surface area contributed by atoms with Gasteiger partial charge >= 0.3 is 0 Å². The van der Waals surface area contributed by atoms with Crippen molar-refractivity contribution in [3.05, 3.63) is 11.9 Å². The van der Waals surface area contributed by atoms with Gasteiger partial charge in [0.25, 0.3) is 0 Å². The number of rotatable bonds is 6. The van der Waals surface area contributed by atoms with Crippen LogP contribution in [0.25, 0.3) is 0 Å². The lowest BCUT2D eigenvalue weighted by Crippen LogP contribution is -2.30. The monoisotopic (exact) mass is 211 g/mol. The Morgan fingerprint density at radius 3 is 2.80 bits per heavy atom. The summed E-state index contributed by atoms with van der Waals surface area (Å²) in [5.74, 6) is 0. The molecular weight excluding hydrogens is 190 g/mol. The van der Waals surface area contributed by atoms with E-state index in [9.17, 15) is 0 Å². The zero-order chi connectivity index (χ0) is 11.3. The van der Waals surface area contributed by atoms with E-state index in [-0.39, 0.29) is 0 Å². The van der Waals surface area contributed by atoms with E-state index in [0.717, 1.165) is 25.3 Å². The Labute approximate surface area is 91.2 Å². The highest BCUT2D eigenvalue weighted by Gasteiger charge is 2.09. The van der Waals surface area contributed by atoms with E-state index in [1.54, 1.807) is 4.68 Å². The Morgan fingerprint density at radius 1 is 1.53 bits per heavy atom. The molecule has 1 heterocycles. The minimum atomic E-state index is 0.537. The first kappa shape index (κ1) is 12.1. The van der Waals surface area contributed by atoms with Crippen LogP contribution in [0.4, 0.5) is 0 Å². The van der Waals surface area contributed by atoms with E-state index in [1.807, 2.05) is 6.20 Å². The molecule has 5 heteroatoms. The predicted octanol–water partition coefficient (Wildman–Crippen LogP) is 0.467. The molecule has 0 saturated carbocycles. The Bertz CT molecular complexity index is 281. The molecule has 1 rings (SSSR count). The molecule has 0 bridgehead atoms. The van der Waals surface area contributed by atoms with Gasteiger partial charge in [-0.3, -0.25) is 9.58 Å². The van der Waals surface area contributed by atoms with Gasteiger partial charge in [-0.1, -0.05) is 12.1 Å². The molecule has 2 N–H and O–H groups in total. The van der Waals surface area contributed by atoms with Crippen LogP contribution in [0, 0.1) is 0 Å². The number of nitrogens with two attached hydrogens (primary N) is 1. The molecule has 0 unspecified atom stereocenters. The third-order valence-electron chi connectivity index (χ3n) is 2.45. The second kappa shape index (κ2) is 5.82. The van der Waals surface area contributed by atoms with Crippen LogP contribution in [0.5, 0.6) is 0 Å². The van der Waals surface area contributed by atoms with Crippen molar-refractivity contribution in [3.63, 3.8) is 0 Å². The van der Waals surface area contributed by atoms with Crippen LogP contribution in [0.1, 0.15) is 26.5 Å². The average molecular weight is 211 g/mol. The van der Waals surface area contributed by atoms with Gasteiger partial charge in [0, 0.05) is 25.3 Å². The Morgan fingerprint density at radius 2 is 2.27 bits per heavy atom. The Kier molecular flexibility index (Phi) is 4.71. The van der Waals surface area contributed by atoms with Crippen LogP contribution >= 0.6 is 0 Å². The van der Waals surface area contributed by atoms with Gasteiger partial charge in [-0.05, 0) is 20.4 Å². The molecule has 0 atom stereocenters. The van der Waals surface area contributed by atoms with Crippen molar-refractivity contribution < 1.29 is 0 Å². The lowest BCUT2D eigenvalue weighted by Gasteiger charge is -2.23. The van der Waals surface area contributed by atoms with E-state index in [0.29, 0.717) is 12.6 Å². The van der Waals surface area contributed by atoms with Crippen molar-refractivity contribution in [1.82, 2.24) is 19.9 Å². The molecule has 5 nitrogen and oxygen atoms in total. The maximum absolute atomic E-state index is 5.45. The minimum absolute atomic E-state index is 0.537. The van der Waals surface area contributed by atoms with Crippen molar-refractivity contribution in [3.8, 4) is 0 Å². The first-order valence-corrected chi connectivity index (χ1v) is 5.50. The Balaban J connectivity index is 2.55. The summed E-state index contributed by atoms with van der Waals surface area (Å²) in [6, 6.07) is 0.537. The summed E-state index contributed by atoms with van der Waals surface area (Å²) in [5, 5.41) is 8.13. The van der Waals surface area contributed by atoms with Crippen LogP contribution < -0.4 is 5.73 Å². The zero-order valence-corrected chi connectivity index (χ0v) is 9.85. The molecule has 1 aromatic rings. The van der Waals surface area contributed by atoms with Gasteiger partial charge < -0.3 is 5.73 Å². The summed E-state index contributed by atoms with van der Waals surface area (Å²) in [6.07, 6.45) is 1.97. The lowest BCUT2D eigenvalue weighted by molar-refractivity contribution is 0.222. The second-order valence-electron chi connectivity index (χ2n) is 3.92. The summed E-state index contributed by atoms with van der Waals surface area (Å²) in [6.45, 7) is 9.76. The van der Waals surface area contributed by atoms with Crippen LogP contribution in [0.15, 0.2) is 6.20 Å². The first-order valence-electron chi connectivity index (χ1n) is 5.50. The van der Waals surface area contributed by atoms with Crippen molar-refractivity contribution in [1.29, 1.82) is 0 Å². The van der Waals surface area contributed by atoms with Crippen molar-refractivity contribution >= 4 is 0 Å². The molecule has 0 spiro atoms. The van der Waals surface area contributed by atoms with Gasteiger partial charge in [0.2, 0.25) is 0 Å². The highest BCUT2D eigenvalue weighted by molar-refractivity contribution is 4.92. The minimum Gasteiger partial charge on any atom is -0.329 e. The zero-order valence-electron chi connectivity index (χ0n) is 9.85. The fraction of sp³-hybridized carbons (Fsp3) is 0.800. The summed E-state index contributed by atoms with van der Waals surface area (Å²) < 4.78 is 1.80. The molecule has 86 valence electrons. The fourth-order valence-corrected chi connectivity index (χ4v) is 1.52. The molecule has 0 fully saturated rings. The van der Waals surface area contributed by atoms with E-state index >= 15 is 0 Å².